The SMILES string of the molecule is CCC1(CC)CN(C(C)c2cc(C)oc2C)C(C)CN1. The van der Waals surface area contributed by atoms with Crippen molar-refractivity contribution in [3.63, 3.8) is 0 Å². The van der Waals surface area contributed by atoms with E-state index in [2.05, 4.69) is 50.9 Å². The van der Waals surface area contributed by atoms with Gasteiger partial charge in [0.15, 0.2) is 0 Å². The standard InChI is InChI=1S/C17H30N2O/c1-7-17(8-2)11-19(12(3)10-18-17)14(5)16-9-13(4)20-15(16)6/h9,12,14,18H,7-8,10-11H2,1-6H3. The van der Waals surface area contributed by atoms with Gasteiger partial charge in [0.25, 0.3) is 0 Å². The van der Waals surface area contributed by atoms with Crippen molar-refractivity contribution in [2.45, 2.75) is 72.0 Å². The lowest BCUT2D eigenvalue weighted by Gasteiger charge is -2.48. The highest BCUT2D eigenvalue weighted by Crippen LogP contribution is 2.32. The monoisotopic (exact) mass is 278 g/mol. The van der Waals surface area contributed by atoms with Crippen LogP contribution in [-0.4, -0.2) is 29.6 Å². The van der Waals surface area contributed by atoms with Crippen molar-refractivity contribution in [2.24, 2.45) is 0 Å². The highest BCUT2D eigenvalue weighted by Gasteiger charge is 2.37. The summed E-state index contributed by atoms with van der Waals surface area (Å²) in [6, 6.07) is 3.18. The van der Waals surface area contributed by atoms with Crippen LogP contribution in [0.15, 0.2) is 10.5 Å². The summed E-state index contributed by atoms with van der Waals surface area (Å²) in [5, 5.41) is 3.77. The van der Waals surface area contributed by atoms with Crippen molar-refractivity contribution in [2.75, 3.05) is 13.1 Å². The first kappa shape index (κ1) is 15.6. The quantitative estimate of drug-likeness (QED) is 0.908. The van der Waals surface area contributed by atoms with Crippen LogP contribution in [0.4, 0.5) is 0 Å². The van der Waals surface area contributed by atoms with Gasteiger partial charge >= 0.3 is 0 Å². The number of aryl methyl sites for hydroxylation is 2. The summed E-state index contributed by atoms with van der Waals surface area (Å²) >= 11 is 0. The Hall–Kier alpha value is -0.800. The highest BCUT2D eigenvalue weighted by atomic mass is 16.3. The zero-order valence-corrected chi connectivity index (χ0v) is 13.9. The van der Waals surface area contributed by atoms with Crippen LogP contribution in [0.25, 0.3) is 0 Å². The third-order valence-corrected chi connectivity index (χ3v) is 5.20. The summed E-state index contributed by atoms with van der Waals surface area (Å²) in [6.07, 6.45) is 2.37. The van der Waals surface area contributed by atoms with E-state index in [-0.39, 0.29) is 5.54 Å². The van der Waals surface area contributed by atoms with Crippen molar-refractivity contribution in [1.29, 1.82) is 0 Å². The molecule has 2 unspecified atom stereocenters. The van der Waals surface area contributed by atoms with Gasteiger partial charge in [-0.05, 0) is 46.6 Å². The van der Waals surface area contributed by atoms with E-state index in [1.165, 1.54) is 18.4 Å². The first-order valence-electron chi connectivity index (χ1n) is 8.00. The average molecular weight is 278 g/mol. The minimum absolute atomic E-state index is 0.271. The second-order valence-electron chi connectivity index (χ2n) is 6.43. The second-order valence-corrected chi connectivity index (χ2v) is 6.43. The number of piperazine rings is 1. The molecule has 1 aromatic rings. The van der Waals surface area contributed by atoms with Crippen LogP contribution < -0.4 is 5.32 Å². The van der Waals surface area contributed by atoms with Gasteiger partial charge in [-0.2, -0.15) is 0 Å². The first-order chi connectivity index (χ1) is 9.42. The van der Waals surface area contributed by atoms with Crippen molar-refractivity contribution in [3.8, 4) is 0 Å². The van der Waals surface area contributed by atoms with Gasteiger partial charge < -0.3 is 9.73 Å². The van der Waals surface area contributed by atoms with E-state index in [0.717, 1.165) is 24.6 Å². The minimum Gasteiger partial charge on any atom is -0.466 e. The van der Waals surface area contributed by atoms with E-state index >= 15 is 0 Å². The largest absolute Gasteiger partial charge is 0.466 e. The van der Waals surface area contributed by atoms with E-state index in [9.17, 15) is 0 Å². The molecule has 3 heteroatoms. The molecule has 1 aromatic heterocycles. The number of hydrogen-bond acceptors (Lipinski definition) is 3. The molecule has 0 bridgehead atoms. The molecule has 2 rings (SSSR count). The Balaban J connectivity index is 2.23. The average Bonchev–Trinajstić information content (AvgIpc) is 2.78. The molecule has 2 heterocycles. The molecule has 1 fully saturated rings. The molecule has 0 aliphatic carbocycles. The Bertz CT molecular complexity index is 448. The van der Waals surface area contributed by atoms with E-state index in [1.54, 1.807) is 0 Å². The van der Waals surface area contributed by atoms with Crippen LogP contribution in [0, 0.1) is 13.8 Å². The summed E-state index contributed by atoms with van der Waals surface area (Å²) in [5.41, 5.74) is 1.62. The number of hydrogen-bond donors (Lipinski definition) is 1. The van der Waals surface area contributed by atoms with E-state index in [1.807, 2.05) is 6.92 Å². The molecule has 0 amide bonds. The number of rotatable bonds is 4. The molecule has 1 aliphatic heterocycles. The molecule has 20 heavy (non-hydrogen) atoms. The molecule has 114 valence electrons. The smallest absolute Gasteiger partial charge is 0.105 e. The molecule has 1 aliphatic rings. The summed E-state index contributed by atoms with van der Waals surface area (Å²) in [5.74, 6) is 2.09. The fraction of sp³-hybridized carbons (Fsp3) is 0.765. The van der Waals surface area contributed by atoms with Gasteiger partial charge in [-0.3, -0.25) is 4.90 Å². The fourth-order valence-electron chi connectivity index (χ4n) is 3.53. The number of nitrogens with one attached hydrogen (secondary N) is 1. The van der Waals surface area contributed by atoms with Gasteiger partial charge in [-0.15, -0.1) is 0 Å². The molecule has 0 radical (unpaired) electrons. The van der Waals surface area contributed by atoms with Crippen LogP contribution in [0.3, 0.4) is 0 Å². The summed E-state index contributed by atoms with van der Waals surface area (Å²) in [6.45, 7) is 15.5. The molecule has 0 saturated carbocycles. The molecule has 2 atom stereocenters. The third kappa shape index (κ3) is 2.79. The second kappa shape index (κ2) is 5.90. The van der Waals surface area contributed by atoms with Crippen LogP contribution in [0.2, 0.25) is 0 Å². The fourth-order valence-corrected chi connectivity index (χ4v) is 3.53. The lowest BCUT2D eigenvalue weighted by atomic mass is 9.87. The Morgan fingerprint density at radius 1 is 1.40 bits per heavy atom. The van der Waals surface area contributed by atoms with Crippen LogP contribution in [0.1, 0.15) is 63.7 Å². The number of nitrogens with zero attached hydrogens (tertiary/aromatic N) is 1. The van der Waals surface area contributed by atoms with Gasteiger partial charge in [0, 0.05) is 36.3 Å². The molecular weight excluding hydrogens is 248 g/mol. The lowest BCUT2D eigenvalue weighted by Crippen LogP contribution is -2.63. The van der Waals surface area contributed by atoms with Crippen molar-refractivity contribution in [1.82, 2.24) is 10.2 Å². The molecule has 1 saturated heterocycles. The maximum Gasteiger partial charge on any atom is 0.105 e. The zero-order valence-electron chi connectivity index (χ0n) is 13.9. The van der Waals surface area contributed by atoms with Crippen molar-refractivity contribution in [3.05, 3.63) is 23.2 Å². The van der Waals surface area contributed by atoms with Crippen LogP contribution >= 0.6 is 0 Å². The van der Waals surface area contributed by atoms with E-state index < -0.39 is 0 Å². The lowest BCUT2D eigenvalue weighted by molar-refractivity contribution is 0.0492. The highest BCUT2D eigenvalue weighted by molar-refractivity contribution is 5.24. The first-order valence-corrected chi connectivity index (χ1v) is 8.00. The predicted molar refractivity (Wildman–Crippen MR) is 84.1 cm³/mol. The van der Waals surface area contributed by atoms with Gasteiger partial charge in [0.1, 0.15) is 11.5 Å². The van der Waals surface area contributed by atoms with Crippen molar-refractivity contribution >= 4 is 0 Å². The Morgan fingerprint density at radius 2 is 2.05 bits per heavy atom. The Kier molecular flexibility index (Phi) is 4.60. The maximum absolute atomic E-state index is 5.72. The third-order valence-electron chi connectivity index (χ3n) is 5.20. The molecule has 0 aromatic carbocycles. The molecule has 0 spiro atoms. The normalized spacial score (nSPS) is 24.8. The van der Waals surface area contributed by atoms with Gasteiger partial charge in [-0.25, -0.2) is 0 Å². The van der Waals surface area contributed by atoms with E-state index in [0.29, 0.717) is 12.1 Å². The molecular formula is C17H30N2O. The van der Waals surface area contributed by atoms with Crippen LogP contribution in [-0.2, 0) is 0 Å². The predicted octanol–water partition coefficient (Wildman–Crippen LogP) is 3.81. The topological polar surface area (TPSA) is 28.4 Å². The summed E-state index contributed by atoms with van der Waals surface area (Å²) in [4.78, 5) is 2.64. The van der Waals surface area contributed by atoms with Gasteiger partial charge in [-0.1, -0.05) is 13.8 Å². The molecule has 3 nitrogen and oxygen atoms in total. The molecule has 1 N–H and O–H groups in total. The summed E-state index contributed by atoms with van der Waals surface area (Å²) < 4.78 is 5.72. The van der Waals surface area contributed by atoms with Gasteiger partial charge in [0.05, 0.1) is 0 Å². The maximum atomic E-state index is 5.72. The van der Waals surface area contributed by atoms with E-state index in [4.69, 9.17) is 4.42 Å². The summed E-state index contributed by atoms with van der Waals surface area (Å²) in [7, 11) is 0. The Morgan fingerprint density at radius 3 is 2.55 bits per heavy atom. The van der Waals surface area contributed by atoms with Crippen LogP contribution in [0.5, 0.6) is 0 Å². The minimum atomic E-state index is 0.271. The number of furan rings is 1. The Labute approximate surface area is 123 Å². The van der Waals surface area contributed by atoms with Crippen molar-refractivity contribution < 1.29 is 4.42 Å². The van der Waals surface area contributed by atoms with Gasteiger partial charge in [0.2, 0.25) is 0 Å². The zero-order chi connectivity index (χ0) is 14.9.